The van der Waals surface area contributed by atoms with Gasteiger partial charge in [0.2, 0.25) is 10.0 Å². The van der Waals surface area contributed by atoms with E-state index in [-0.39, 0.29) is 11.4 Å². The fourth-order valence-corrected chi connectivity index (χ4v) is 3.43. The van der Waals surface area contributed by atoms with Crippen molar-refractivity contribution < 1.29 is 18.3 Å². The molecule has 0 aromatic heterocycles. The molecule has 1 saturated heterocycles. The minimum Gasteiger partial charge on any atom is -0.399 e. The smallest absolute Gasteiger partial charge is 0.240 e. The highest BCUT2D eigenvalue weighted by atomic mass is 32.2. The van der Waals surface area contributed by atoms with Crippen LogP contribution in [-0.4, -0.2) is 38.9 Å². The molecule has 20 heavy (non-hydrogen) atoms. The zero-order valence-electron chi connectivity index (χ0n) is 11.4. The Labute approximate surface area is 119 Å². The quantitative estimate of drug-likeness (QED) is 0.699. The lowest BCUT2D eigenvalue weighted by atomic mass is 9.95. The van der Waals surface area contributed by atoms with Crippen LogP contribution in [-0.2, 0) is 14.8 Å². The van der Waals surface area contributed by atoms with E-state index >= 15 is 0 Å². The van der Waals surface area contributed by atoms with Crippen LogP contribution in [0.4, 0.5) is 5.69 Å². The molecule has 112 valence electrons. The highest BCUT2D eigenvalue weighted by molar-refractivity contribution is 7.89. The Morgan fingerprint density at radius 1 is 1.35 bits per heavy atom. The lowest BCUT2D eigenvalue weighted by Gasteiger charge is -2.31. The van der Waals surface area contributed by atoms with Crippen LogP contribution >= 0.6 is 0 Å². The van der Waals surface area contributed by atoms with Crippen molar-refractivity contribution in [2.45, 2.75) is 30.3 Å². The molecule has 0 amide bonds. The van der Waals surface area contributed by atoms with Gasteiger partial charge in [-0.15, -0.1) is 0 Å². The topological polar surface area (TPSA) is 102 Å². The molecule has 2 rings (SSSR count). The number of hydrogen-bond donors (Lipinski definition) is 3. The number of nitrogens with two attached hydrogens (primary N) is 1. The molecule has 1 fully saturated rings. The zero-order valence-corrected chi connectivity index (χ0v) is 12.2. The predicted octanol–water partition coefficient (Wildman–Crippen LogP) is 0.397. The Hall–Kier alpha value is -1.15. The molecule has 1 aliphatic rings. The van der Waals surface area contributed by atoms with Crippen molar-refractivity contribution in [1.82, 2.24) is 4.72 Å². The van der Waals surface area contributed by atoms with Crippen LogP contribution in [0.5, 0.6) is 0 Å². The first-order valence-corrected chi connectivity index (χ1v) is 7.96. The Kier molecular flexibility index (Phi) is 4.33. The molecule has 1 aromatic rings. The van der Waals surface area contributed by atoms with Crippen molar-refractivity contribution in [2.75, 3.05) is 25.5 Å². The van der Waals surface area contributed by atoms with Gasteiger partial charge >= 0.3 is 0 Å². The Balaban J connectivity index is 2.11. The third kappa shape index (κ3) is 3.69. The van der Waals surface area contributed by atoms with Crippen LogP contribution in [0.25, 0.3) is 0 Å². The lowest BCUT2D eigenvalue weighted by Crippen LogP contribution is -2.46. The second kappa shape index (κ2) is 5.69. The number of benzene rings is 1. The summed E-state index contributed by atoms with van der Waals surface area (Å²) in [5.74, 6) is 0. The first kappa shape index (κ1) is 15.2. The average Bonchev–Trinajstić information content (AvgIpc) is 2.37. The second-order valence-corrected chi connectivity index (χ2v) is 7.01. The summed E-state index contributed by atoms with van der Waals surface area (Å²) in [5.41, 5.74) is 5.79. The number of anilines is 1. The van der Waals surface area contributed by atoms with Crippen molar-refractivity contribution in [2.24, 2.45) is 0 Å². The Morgan fingerprint density at radius 3 is 2.60 bits per heavy atom. The van der Waals surface area contributed by atoms with Gasteiger partial charge in [-0.1, -0.05) is 0 Å². The molecule has 6 nitrogen and oxygen atoms in total. The van der Waals surface area contributed by atoms with E-state index in [1.165, 1.54) is 6.07 Å². The number of aryl methyl sites for hydroxylation is 1. The molecule has 0 atom stereocenters. The van der Waals surface area contributed by atoms with Gasteiger partial charge < -0.3 is 15.6 Å². The van der Waals surface area contributed by atoms with E-state index < -0.39 is 15.6 Å². The van der Waals surface area contributed by atoms with Crippen LogP contribution in [0.2, 0.25) is 0 Å². The molecule has 0 radical (unpaired) electrons. The molecule has 0 unspecified atom stereocenters. The number of sulfonamides is 1. The minimum absolute atomic E-state index is 0.0213. The predicted molar refractivity (Wildman–Crippen MR) is 75.8 cm³/mol. The van der Waals surface area contributed by atoms with Gasteiger partial charge in [0.05, 0.1) is 10.5 Å². The number of aliphatic hydroxyl groups is 1. The third-order valence-electron chi connectivity index (χ3n) is 3.40. The number of nitrogens with one attached hydrogen (secondary N) is 1. The maximum Gasteiger partial charge on any atom is 0.240 e. The van der Waals surface area contributed by atoms with Crippen LogP contribution in [0.1, 0.15) is 18.4 Å². The molecule has 1 aromatic carbocycles. The third-order valence-corrected chi connectivity index (χ3v) is 4.78. The molecular weight excluding hydrogens is 280 g/mol. The van der Waals surface area contributed by atoms with Gasteiger partial charge in [0, 0.05) is 38.3 Å². The molecule has 7 heteroatoms. The summed E-state index contributed by atoms with van der Waals surface area (Å²) in [6, 6.07) is 4.65. The molecule has 0 aliphatic carbocycles. The standard InChI is InChI=1S/C13H20N2O4S/c1-10-6-11(14)8-12(7-10)20(17,18)15-9-13(16)2-4-19-5-3-13/h6-8,15-16H,2-5,9,14H2,1H3. The van der Waals surface area contributed by atoms with Crippen LogP contribution in [0.15, 0.2) is 23.1 Å². The van der Waals surface area contributed by atoms with E-state index in [0.29, 0.717) is 31.7 Å². The zero-order chi connectivity index (χ0) is 14.8. The van der Waals surface area contributed by atoms with Crippen molar-refractivity contribution in [3.8, 4) is 0 Å². The number of hydrogen-bond acceptors (Lipinski definition) is 5. The molecule has 0 spiro atoms. The van der Waals surface area contributed by atoms with E-state index in [0.717, 1.165) is 5.56 Å². The Morgan fingerprint density at radius 2 is 2.00 bits per heavy atom. The summed E-state index contributed by atoms with van der Waals surface area (Å²) < 4.78 is 32.0. The lowest BCUT2D eigenvalue weighted by molar-refractivity contribution is -0.0588. The molecule has 0 bridgehead atoms. The van der Waals surface area contributed by atoms with E-state index in [4.69, 9.17) is 10.5 Å². The van der Waals surface area contributed by atoms with Gasteiger partial charge in [0.25, 0.3) is 0 Å². The fourth-order valence-electron chi connectivity index (χ4n) is 2.17. The summed E-state index contributed by atoms with van der Waals surface area (Å²) in [6.45, 7) is 2.64. The largest absolute Gasteiger partial charge is 0.399 e. The monoisotopic (exact) mass is 300 g/mol. The summed E-state index contributed by atoms with van der Waals surface area (Å²) in [7, 11) is -3.67. The number of ether oxygens (including phenoxy) is 1. The molecular formula is C13H20N2O4S. The van der Waals surface area contributed by atoms with E-state index in [9.17, 15) is 13.5 Å². The van der Waals surface area contributed by atoms with Gasteiger partial charge in [0.15, 0.2) is 0 Å². The van der Waals surface area contributed by atoms with Crippen LogP contribution < -0.4 is 10.5 Å². The maximum absolute atomic E-state index is 12.2. The van der Waals surface area contributed by atoms with Gasteiger partial charge in [-0.3, -0.25) is 0 Å². The summed E-state index contributed by atoms with van der Waals surface area (Å²) in [5, 5.41) is 10.3. The average molecular weight is 300 g/mol. The minimum atomic E-state index is -3.67. The number of nitrogen functional groups attached to an aromatic ring is 1. The van der Waals surface area contributed by atoms with Crippen molar-refractivity contribution in [3.05, 3.63) is 23.8 Å². The van der Waals surface area contributed by atoms with E-state index in [1.807, 2.05) is 0 Å². The van der Waals surface area contributed by atoms with Gasteiger partial charge in [-0.05, 0) is 30.7 Å². The highest BCUT2D eigenvalue weighted by Crippen LogP contribution is 2.21. The van der Waals surface area contributed by atoms with Gasteiger partial charge in [0.1, 0.15) is 0 Å². The maximum atomic E-state index is 12.2. The van der Waals surface area contributed by atoms with Crippen molar-refractivity contribution >= 4 is 15.7 Å². The highest BCUT2D eigenvalue weighted by Gasteiger charge is 2.31. The normalized spacial score (nSPS) is 18.9. The summed E-state index contributed by atoms with van der Waals surface area (Å²) in [6.07, 6.45) is 0.844. The summed E-state index contributed by atoms with van der Waals surface area (Å²) >= 11 is 0. The van der Waals surface area contributed by atoms with E-state index in [1.54, 1.807) is 19.1 Å². The number of rotatable bonds is 4. The van der Waals surface area contributed by atoms with Gasteiger partial charge in [-0.25, -0.2) is 13.1 Å². The molecule has 0 saturated carbocycles. The fraction of sp³-hybridized carbons (Fsp3) is 0.538. The van der Waals surface area contributed by atoms with E-state index in [2.05, 4.69) is 4.72 Å². The second-order valence-electron chi connectivity index (χ2n) is 5.24. The van der Waals surface area contributed by atoms with Crippen molar-refractivity contribution in [3.63, 3.8) is 0 Å². The summed E-state index contributed by atoms with van der Waals surface area (Å²) in [4.78, 5) is 0.116. The first-order chi connectivity index (χ1) is 9.31. The van der Waals surface area contributed by atoms with Crippen LogP contribution in [0, 0.1) is 6.92 Å². The molecule has 4 N–H and O–H groups in total. The van der Waals surface area contributed by atoms with Gasteiger partial charge in [-0.2, -0.15) is 0 Å². The Bertz CT molecular complexity index is 560. The molecule has 1 aliphatic heterocycles. The first-order valence-electron chi connectivity index (χ1n) is 6.48. The SMILES string of the molecule is Cc1cc(N)cc(S(=O)(=O)NCC2(O)CCOCC2)c1. The van der Waals surface area contributed by atoms with Crippen molar-refractivity contribution in [1.29, 1.82) is 0 Å². The van der Waals surface area contributed by atoms with Crippen LogP contribution in [0.3, 0.4) is 0 Å². The molecule has 1 heterocycles.